The van der Waals surface area contributed by atoms with Gasteiger partial charge in [0.25, 0.3) is 0 Å². The highest BCUT2D eigenvalue weighted by Gasteiger charge is 2.28. The number of hydrogen-bond acceptors (Lipinski definition) is 2. The van der Waals surface area contributed by atoms with Crippen molar-refractivity contribution in [2.24, 2.45) is 0 Å². The fourth-order valence-electron chi connectivity index (χ4n) is 3.84. The maximum Gasteiger partial charge on any atom is 0.405 e. The molecule has 1 unspecified atom stereocenters. The van der Waals surface area contributed by atoms with Gasteiger partial charge in [0.1, 0.15) is 0 Å². The molecule has 0 aromatic rings. The molecule has 0 aliphatic carbocycles. The van der Waals surface area contributed by atoms with E-state index in [9.17, 15) is 9.46 Å². The Bertz CT molecular complexity index is 373. The Labute approximate surface area is 189 Å². The van der Waals surface area contributed by atoms with Gasteiger partial charge in [-0.1, -0.05) is 124 Å². The van der Waals surface area contributed by atoms with Crippen molar-refractivity contribution < 1.29 is 14.0 Å². The summed E-state index contributed by atoms with van der Waals surface area (Å²) in [5, 5.41) is 0. The van der Waals surface area contributed by atoms with E-state index in [1.165, 1.54) is 77.0 Å². The molecule has 0 saturated heterocycles. The summed E-state index contributed by atoms with van der Waals surface area (Å²) >= 11 is 0. The van der Waals surface area contributed by atoms with E-state index < -0.39 is 7.75 Å². The Balaban J connectivity index is 4.19. The van der Waals surface area contributed by atoms with Crippen molar-refractivity contribution >= 4 is 7.75 Å². The summed E-state index contributed by atoms with van der Waals surface area (Å²) in [6.45, 7) is 8.40. The van der Waals surface area contributed by atoms with Crippen LogP contribution in [-0.2, 0) is 9.09 Å². The van der Waals surface area contributed by atoms with E-state index >= 15 is 0 Å². The van der Waals surface area contributed by atoms with E-state index in [0.29, 0.717) is 19.7 Å². The van der Waals surface area contributed by atoms with Gasteiger partial charge in [-0.3, -0.25) is 4.52 Å². The largest absolute Gasteiger partial charge is 0.405 e. The molecule has 0 radical (unpaired) electrons. The van der Waals surface area contributed by atoms with Gasteiger partial charge in [0.05, 0.1) is 6.61 Å². The van der Waals surface area contributed by atoms with Crippen LogP contribution in [0.3, 0.4) is 0 Å². The Morgan fingerprint density at radius 3 is 1.30 bits per heavy atom. The van der Waals surface area contributed by atoms with Gasteiger partial charge >= 0.3 is 7.75 Å². The predicted octanol–water partition coefficient (Wildman–Crippen LogP) is 8.88. The van der Waals surface area contributed by atoms with Crippen molar-refractivity contribution in [2.45, 2.75) is 143 Å². The molecule has 0 saturated carbocycles. The van der Waals surface area contributed by atoms with Crippen molar-refractivity contribution in [3.05, 3.63) is 0 Å². The van der Waals surface area contributed by atoms with Gasteiger partial charge in [-0.2, -0.15) is 0 Å². The zero-order chi connectivity index (χ0) is 22.3. The van der Waals surface area contributed by atoms with Crippen molar-refractivity contribution in [3.63, 3.8) is 0 Å². The number of unbranched alkanes of at least 4 members (excludes halogenated alkanes) is 16. The smallest absolute Gasteiger partial charge is 0.312 e. The minimum Gasteiger partial charge on any atom is -0.312 e. The van der Waals surface area contributed by atoms with Crippen LogP contribution in [0.1, 0.15) is 143 Å². The molecule has 4 nitrogen and oxygen atoms in total. The van der Waals surface area contributed by atoms with Crippen LogP contribution in [-0.4, -0.2) is 29.3 Å². The second kappa shape index (κ2) is 22.3. The normalized spacial score (nSPS) is 13.8. The Hall–Kier alpha value is 0.110. The van der Waals surface area contributed by atoms with E-state index in [2.05, 4.69) is 20.8 Å². The third kappa shape index (κ3) is 18.8. The first kappa shape index (κ1) is 30.1. The van der Waals surface area contributed by atoms with Crippen LogP contribution in [0.5, 0.6) is 0 Å². The molecule has 1 N–H and O–H groups in total. The molecule has 0 rings (SSSR count). The highest BCUT2D eigenvalue weighted by atomic mass is 31.2. The molecular weight excluding hydrogens is 393 g/mol. The van der Waals surface area contributed by atoms with E-state index in [1.807, 2.05) is 0 Å². The second-order valence-corrected chi connectivity index (χ2v) is 10.7. The van der Waals surface area contributed by atoms with Crippen LogP contribution >= 0.6 is 7.75 Å². The molecule has 5 heteroatoms. The Morgan fingerprint density at radius 2 is 0.900 bits per heavy atom. The molecule has 0 aliphatic rings. The lowest BCUT2D eigenvalue weighted by molar-refractivity contribution is 0.194. The maximum atomic E-state index is 12.8. The van der Waals surface area contributed by atoms with Gasteiger partial charge in [0, 0.05) is 13.1 Å². The minimum atomic E-state index is -3.65. The van der Waals surface area contributed by atoms with Gasteiger partial charge in [-0.25, -0.2) is 9.24 Å². The van der Waals surface area contributed by atoms with E-state index in [1.54, 1.807) is 4.67 Å². The lowest BCUT2D eigenvalue weighted by atomic mass is 10.1. The lowest BCUT2D eigenvalue weighted by Gasteiger charge is -2.26. The monoisotopic (exact) mass is 447 g/mol. The molecule has 0 heterocycles. The average Bonchev–Trinajstić information content (AvgIpc) is 2.73. The molecule has 0 amide bonds. The predicted molar refractivity (Wildman–Crippen MR) is 132 cm³/mol. The first-order chi connectivity index (χ1) is 14.6. The van der Waals surface area contributed by atoms with E-state index in [-0.39, 0.29) is 0 Å². The molecule has 0 bridgehead atoms. The fraction of sp³-hybridized carbons (Fsp3) is 1.00. The average molecular weight is 448 g/mol. The summed E-state index contributed by atoms with van der Waals surface area (Å²) in [5.41, 5.74) is 0. The minimum absolute atomic E-state index is 0.396. The van der Waals surface area contributed by atoms with Gasteiger partial charge in [-0.15, -0.1) is 0 Å². The van der Waals surface area contributed by atoms with Gasteiger partial charge in [0.15, 0.2) is 0 Å². The summed E-state index contributed by atoms with van der Waals surface area (Å²) in [4.78, 5) is 10.5. The van der Waals surface area contributed by atoms with Crippen LogP contribution in [0.2, 0.25) is 0 Å². The molecule has 0 aromatic heterocycles. The zero-order valence-electron chi connectivity index (χ0n) is 20.7. The van der Waals surface area contributed by atoms with Crippen LogP contribution in [0.15, 0.2) is 0 Å². The third-order valence-corrected chi connectivity index (χ3v) is 7.54. The number of hydrogen-bond donors (Lipinski definition) is 1. The quantitative estimate of drug-likeness (QED) is 0.118. The van der Waals surface area contributed by atoms with Gasteiger partial charge in [0.2, 0.25) is 0 Å². The Kier molecular flexibility index (Phi) is 22.4. The standard InChI is InChI=1S/C25H54NO3P/c1-4-7-10-12-14-16-18-20-23-26(30(27,28)29-25-22-9-6-3)24-21-19-17-15-13-11-8-5-2/h4-25H2,1-3H3,(H,27,28). The summed E-state index contributed by atoms with van der Waals surface area (Å²) in [6, 6.07) is 0. The van der Waals surface area contributed by atoms with Crippen LogP contribution in [0, 0.1) is 0 Å². The summed E-state index contributed by atoms with van der Waals surface area (Å²) in [5.74, 6) is 0. The first-order valence-electron chi connectivity index (χ1n) is 13.3. The van der Waals surface area contributed by atoms with Gasteiger partial charge in [-0.05, 0) is 19.3 Å². The molecule has 0 fully saturated rings. The summed E-state index contributed by atoms with van der Waals surface area (Å²) < 4.78 is 20.0. The van der Waals surface area contributed by atoms with Crippen LogP contribution in [0.25, 0.3) is 0 Å². The van der Waals surface area contributed by atoms with Crippen molar-refractivity contribution in [1.29, 1.82) is 0 Å². The SMILES string of the molecule is CCCCCCCCCCN(CCCCCCCCCC)P(=O)(O)OCCCCC. The van der Waals surface area contributed by atoms with Crippen molar-refractivity contribution in [3.8, 4) is 0 Å². The van der Waals surface area contributed by atoms with E-state index in [4.69, 9.17) is 4.52 Å². The number of rotatable bonds is 24. The molecule has 182 valence electrons. The first-order valence-corrected chi connectivity index (χ1v) is 14.8. The molecule has 0 aliphatic heterocycles. The van der Waals surface area contributed by atoms with Crippen molar-refractivity contribution in [1.82, 2.24) is 4.67 Å². The van der Waals surface area contributed by atoms with Crippen LogP contribution < -0.4 is 0 Å². The molecular formula is C25H54NO3P. The summed E-state index contributed by atoms with van der Waals surface area (Å²) in [6.07, 6.45) is 23.0. The third-order valence-electron chi connectivity index (χ3n) is 5.90. The highest BCUT2D eigenvalue weighted by molar-refractivity contribution is 7.50. The van der Waals surface area contributed by atoms with Gasteiger partial charge < -0.3 is 4.89 Å². The highest BCUT2D eigenvalue weighted by Crippen LogP contribution is 2.46. The summed E-state index contributed by atoms with van der Waals surface area (Å²) in [7, 11) is -3.65. The molecule has 30 heavy (non-hydrogen) atoms. The lowest BCUT2D eigenvalue weighted by Crippen LogP contribution is -2.24. The molecule has 1 atom stereocenters. The van der Waals surface area contributed by atoms with E-state index in [0.717, 1.165) is 44.9 Å². The maximum absolute atomic E-state index is 12.8. The molecule has 0 aromatic carbocycles. The second-order valence-electron chi connectivity index (χ2n) is 8.93. The Morgan fingerprint density at radius 1 is 0.567 bits per heavy atom. The molecule has 0 spiro atoms. The fourth-order valence-corrected chi connectivity index (χ4v) is 5.16. The van der Waals surface area contributed by atoms with Crippen LogP contribution in [0.4, 0.5) is 0 Å². The number of nitrogens with zero attached hydrogens (tertiary/aromatic N) is 1. The zero-order valence-corrected chi connectivity index (χ0v) is 21.6. The topological polar surface area (TPSA) is 49.8 Å². The van der Waals surface area contributed by atoms with Crippen molar-refractivity contribution in [2.75, 3.05) is 19.7 Å².